The number of fused-ring (bicyclic) bond motifs is 10. The van der Waals surface area contributed by atoms with Gasteiger partial charge in [-0.3, -0.25) is 0 Å². The minimum absolute atomic E-state index is 1.09. The van der Waals surface area contributed by atoms with Crippen molar-refractivity contribution in [3.63, 3.8) is 0 Å². The molecule has 0 fully saturated rings. The Morgan fingerprint density at radius 1 is 0.222 bits per heavy atom. The molecule has 15 rings (SSSR count). The molecule has 0 saturated carbocycles. The molecule has 0 bridgehead atoms. The fourth-order valence-electron chi connectivity index (χ4n) is 12.7. The number of nitrogens with zero attached hydrogens (tertiary/aromatic N) is 2. The van der Waals surface area contributed by atoms with Gasteiger partial charge in [0.1, 0.15) is 0 Å². The Morgan fingerprint density at radius 2 is 0.617 bits per heavy atom. The highest BCUT2D eigenvalue weighted by molar-refractivity contribution is 7.26. The van der Waals surface area contributed by atoms with E-state index in [2.05, 4.69) is 315 Å². The van der Waals surface area contributed by atoms with Crippen molar-refractivity contribution >= 4 is 109 Å². The number of aryl methyl sites for hydroxylation is 2. The molecule has 15 aromatic rings. The van der Waals surface area contributed by atoms with Gasteiger partial charge in [-0.05, 0) is 192 Å². The predicted molar refractivity (Wildman–Crippen MR) is 350 cm³/mol. The Labute approximate surface area is 476 Å². The minimum Gasteiger partial charge on any atom is -0.310 e. The van der Waals surface area contributed by atoms with E-state index in [1.807, 2.05) is 11.3 Å². The summed E-state index contributed by atoms with van der Waals surface area (Å²) in [5.41, 5.74) is 18.8. The zero-order valence-corrected chi connectivity index (χ0v) is 45.8. The molecule has 1 heterocycles. The first kappa shape index (κ1) is 48.1. The van der Waals surface area contributed by atoms with Crippen molar-refractivity contribution in [2.24, 2.45) is 0 Å². The van der Waals surface area contributed by atoms with Crippen LogP contribution in [-0.2, 0) is 0 Å². The van der Waals surface area contributed by atoms with E-state index in [1.165, 1.54) is 119 Å². The maximum atomic E-state index is 2.41. The van der Waals surface area contributed by atoms with Crippen LogP contribution in [0.5, 0.6) is 0 Å². The van der Waals surface area contributed by atoms with E-state index < -0.39 is 0 Å². The molecule has 0 aliphatic rings. The molecule has 0 atom stereocenters. The standard InChI is InChI=1S/C78H54N2S/c1-51-48-60(79(56-18-5-3-6-19-56)57-20-7-4-8-21-57)41-44-62(51)63-45-42-61(49-52(63)2)80(58-37-32-53(33-38-58)55-36-43-72-69-26-12-11-24-67(69)68-25-13-14-27-70(68)76(72)50-55)59-39-34-54(35-40-59)64-46-47-71(66-23-10-9-22-65(64)66)74-29-17-30-75-73-28-15-16-31-77(73)81-78(74)75/h3-50H,1-2H3. The van der Waals surface area contributed by atoms with E-state index >= 15 is 0 Å². The van der Waals surface area contributed by atoms with Crippen LogP contribution in [0.3, 0.4) is 0 Å². The molecule has 0 N–H and O–H groups in total. The SMILES string of the molecule is Cc1cc(N(c2ccccc2)c2ccccc2)ccc1-c1ccc(N(c2ccc(-c3ccc4c5ccccc5c5ccccc5c4c3)cc2)c2ccc(-c3ccc(-c4cccc5c4sc4ccccc45)c4ccccc34)cc2)cc1C. The van der Waals surface area contributed by atoms with Gasteiger partial charge in [-0.2, -0.15) is 0 Å². The van der Waals surface area contributed by atoms with Gasteiger partial charge < -0.3 is 9.80 Å². The Morgan fingerprint density at radius 3 is 1.17 bits per heavy atom. The Kier molecular flexibility index (Phi) is 11.9. The summed E-state index contributed by atoms with van der Waals surface area (Å²) in [6.45, 7) is 4.48. The molecule has 2 nitrogen and oxygen atoms in total. The van der Waals surface area contributed by atoms with E-state index in [4.69, 9.17) is 0 Å². The highest BCUT2D eigenvalue weighted by Gasteiger charge is 2.20. The molecular weight excluding hydrogens is 997 g/mol. The smallest absolute Gasteiger partial charge is 0.0464 e. The summed E-state index contributed by atoms with van der Waals surface area (Å²) < 4.78 is 2.65. The Balaban J connectivity index is 0.813. The third-order valence-electron chi connectivity index (χ3n) is 16.5. The van der Waals surface area contributed by atoms with E-state index in [0.717, 1.165) is 34.1 Å². The van der Waals surface area contributed by atoms with E-state index in [9.17, 15) is 0 Å². The van der Waals surface area contributed by atoms with E-state index in [1.54, 1.807) is 0 Å². The first-order valence-corrected chi connectivity index (χ1v) is 28.7. The molecule has 382 valence electrons. The van der Waals surface area contributed by atoms with Crippen LogP contribution in [-0.4, -0.2) is 0 Å². The molecule has 0 saturated heterocycles. The number of anilines is 6. The van der Waals surface area contributed by atoms with Crippen molar-refractivity contribution in [1.82, 2.24) is 0 Å². The number of rotatable bonds is 10. The van der Waals surface area contributed by atoms with Crippen molar-refractivity contribution in [2.45, 2.75) is 13.8 Å². The second kappa shape index (κ2) is 20.0. The fraction of sp³-hybridized carbons (Fsp3) is 0.0256. The van der Waals surface area contributed by atoms with Crippen molar-refractivity contribution in [3.8, 4) is 44.5 Å². The molecule has 0 amide bonds. The van der Waals surface area contributed by atoms with Crippen LogP contribution >= 0.6 is 11.3 Å². The molecular formula is C78H54N2S. The number of hydrogen-bond donors (Lipinski definition) is 0. The van der Waals surface area contributed by atoms with Crippen molar-refractivity contribution in [2.75, 3.05) is 9.80 Å². The number of hydrogen-bond acceptors (Lipinski definition) is 3. The van der Waals surface area contributed by atoms with Gasteiger partial charge >= 0.3 is 0 Å². The van der Waals surface area contributed by atoms with Gasteiger partial charge in [-0.1, -0.05) is 206 Å². The third-order valence-corrected chi connectivity index (χ3v) is 17.7. The van der Waals surface area contributed by atoms with Gasteiger partial charge in [0.15, 0.2) is 0 Å². The predicted octanol–water partition coefficient (Wildman–Crippen LogP) is 22.9. The molecule has 3 heteroatoms. The minimum atomic E-state index is 1.09. The van der Waals surface area contributed by atoms with Gasteiger partial charge in [0.2, 0.25) is 0 Å². The van der Waals surface area contributed by atoms with Gasteiger partial charge in [0.05, 0.1) is 0 Å². The summed E-state index contributed by atoms with van der Waals surface area (Å²) in [6.07, 6.45) is 0. The summed E-state index contributed by atoms with van der Waals surface area (Å²) >= 11 is 1.89. The van der Waals surface area contributed by atoms with Crippen LogP contribution in [0, 0.1) is 13.8 Å². The van der Waals surface area contributed by atoms with E-state index in [-0.39, 0.29) is 0 Å². The molecule has 81 heavy (non-hydrogen) atoms. The quantitative estimate of drug-likeness (QED) is 0.126. The van der Waals surface area contributed by atoms with Crippen LogP contribution in [0.1, 0.15) is 11.1 Å². The van der Waals surface area contributed by atoms with Crippen molar-refractivity contribution in [1.29, 1.82) is 0 Å². The third kappa shape index (κ3) is 8.41. The van der Waals surface area contributed by atoms with Crippen LogP contribution in [0.15, 0.2) is 291 Å². The monoisotopic (exact) mass is 1050 g/mol. The van der Waals surface area contributed by atoms with E-state index in [0.29, 0.717) is 0 Å². The topological polar surface area (TPSA) is 6.48 Å². The lowest BCUT2D eigenvalue weighted by Crippen LogP contribution is -2.10. The molecule has 1 aromatic heterocycles. The molecule has 0 aliphatic heterocycles. The zero-order valence-electron chi connectivity index (χ0n) is 45.0. The molecule has 0 unspecified atom stereocenters. The average molecular weight is 1050 g/mol. The summed E-state index contributed by atoms with van der Waals surface area (Å²) in [5.74, 6) is 0. The first-order chi connectivity index (χ1) is 40.0. The lowest BCUT2D eigenvalue weighted by molar-refractivity contribution is 1.26. The highest BCUT2D eigenvalue weighted by Crippen LogP contribution is 2.46. The number of benzene rings is 14. The largest absolute Gasteiger partial charge is 0.310 e. The van der Waals surface area contributed by atoms with Crippen LogP contribution in [0.25, 0.3) is 108 Å². The van der Waals surface area contributed by atoms with Crippen molar-refractivity contribution < 1.29 is 0 Å². The molecule has 14 aromatic carbocycles. The normalized spacial score (nSPS) is 11.6. The fourth-order valence-corrected chi connectivity index (χ4v) is 13.9. The number of para-hydroxylation sites is 2. The lowest BCUT2D eigenvalue weighted by Gasteiger charge is -2.27. The second-order valence-corrected chi connectivity index (χ2v) is 22.3. The highest BCUT2D eigenvalue weighted by atomic mass is 32.1. The van der Waals surface area contributed by atoms with Crippen LogP contribution in [0.2, 0.25) is 0 Å². The average Bonchev–Trinajstić information content (AvgIpc) is 4.16. The van der Waals surface area contributed by atoms with Crippen LogP contribution < -0.4 is 9.80 Å². The van der Waals surface area contributed by atoms with Crippen LogP contribution in [0.4, 0.5) is 34.1 Å². The maximum Gasteiger partial charge on any atom is 0.0464 e. The maximum absolute atomic E-state index is 2.41. The van der Waals surface area contributed by atoms with Crippen molar-refractivity contribution in [3.05, 3.63) is 302 Å². The second-order valence-electron chi connectivity index (χ2n) is 21.3. The summed E-state index contributed by atoms with van der Waals surface area (Å²) in [6, 6.07) is 107. The summed E-state index contributed by atoms with van der Waals surface area (Å²) in [7, 11) is 0. The lowest BCUT2D eigenvalue weighted by atomic mass is 9.91. The zero-order chi connectivity index (χ0) is 54.0. The van der Waals surface area contributed by atoms with Gasteiger partial charge in [-0.15, -0.1) is 11.3 Å². The molecule has 0 spiro atoms. The number of thiophene rings is 1. The Bertz CT molecular complexity index is 4810. The summed E-state index contributed by atoms with van der Waals surface area (Å²) in [4.78, 5) is 4.74. The Hall–Kier alpha value is -10.1. The molecule has 0 aliphatic carbocycles. The molecule has 0 radical (unpaired) electrons. The summed E-state index contributed by atoms with van der Waals surface area (Å²) in [5, 5.41) is 12.8. The van der Waals surface area contributed by atoms with Gasteiger partial charge in [-0.25, -0.2) is 0 Å². The van der Waals surface area contributed by atoms with Gasteiger partial charge in [0, 0.05) is 59.9 Å². The first-order valence-electron chi connectivity index (χ1n) is 27.9. The van der Waals surface area contributed by atoms with Gasteiger partial charge in [0.25, 0.3) is 0 Å².